The fourth-order valence-electron chi connectivity index (χ4n) is 1.15. The van der Waals surface area contributed by atoms with E-state index in [1.165, 1.54) is 0 Å². The second kappa shape index (κ2) is 4.83. The summed E-state index contributed by atoms with van der Waals surface area (Å²) >= 11 is 0. The van der Waals surface area contributed by atoms with Gasteiger partial charge >= 0.3 is 0 Å². The van der Waals surface area contributed by atoms with Gasteiger partial charge in [-0.1, -0.05) is 0 Å². The number of hydrogen-bond donors (Lipinski definition) is 2. The molecule has 0 aliphatic carbocycles. The Kier molecular flexibility index (Phi) is 3.73. The molecule has 1 atom stereocenters. The molecule has 1 aromatic rings. The lowest BCUT2D eigenvalue weighted by Crippen LogP contribution is -2.14. The van der Waals surface area contributed by atoms with Crippen molar-refractivity contribution in [3.63, 3.8) is 0 Å². The van der Waals surface area contributed by atoms with Crippen molar-refractivity contribution in [1.29, 1.82) is 0 Å². The summed E-state index contributed by atoms with van der Waals surface area (Å²) in [6.07, 6.45) is 0. The van der Waals surface area contributed by atoms with E-state index in [1.54, 1.807) is 32.4 Å². The zero-order valence-corrected chi connectivity index (χ0v) is 8.36. The second-order valence-corrected chi connectivity index (χ2v) is 2.94. The average Bonchev–Trinajstić information content (AvgIpc) is 2.27. The first-order chi connectivity index (χ1) is 6.71. The number of methoxy groups -OCH3 is 2. The summed E-state index contributed by atoms with van der Waals surface area (Å²) < 4.78 is 10.1. The third-order valence-electron chi connectivity index (χ3n) is 2.00. The molecule has 0 heterocycles. The molecular weight excluding hydrogens is 182 g/mol. The Morgan fingerprint density at radius 1 is 1.21 bits per heavy atom. The maximum atomic E-state index is 8.91. The van der Waals surface area contributed by atoms with Crippen molar-refractivity contribution >= 4 is 0 Å². The van der Waals surface area contributed by atoms with Crippen LogP contribution >= 0.6 is 0 Å². The highest BCUT2D eigenvalue weighted by Gasteiger charge is 2.08. The van der Waals surface area contributed by atoms with Crippen LogP contribution in [0.1, 0.15) is 11.6 Å². The Labute approximate surface area is 83.3 Å². The Bertz CT molecular complexity index is 279. The van der Waals surface area contributed by atoms with Crippen molar-refractivity contribution in [2.75, 3.05) is 20.8 Å². The summed E-state index contributed by atoms with van der Waals surface area (Å²) in [6.45, 7) is -0.101. The number of aliphatic hydroxyl groups is 1. The van der Waals surface area contributed by atoms with E-state index >= 15 is 0 Å². The highest BCUT2D eigenvalue weighted by molar-refractivity contribution is 5.39. The number of aliphatic hydroxyl groups excluding tert-OH is 1. The Morgan fingerprint density at radius 2 is 1.71 bits per heavy atom. The number of benzene rings is 1. The largest absolute Gasteiger partial charge is 0.497 e. The molecule has 0 saturated carbocycles. The number of nitrogens with two attached hydrogens (primary N) is 1. The van der Waals surface area contributed by atoms with Crippen LogP contribution in [0.3, 0.4) is 0 Å². The molecule has 0 aliphatic rings. The van der Waals surface area contributed by atoms with Crippen LogP contribution < -0.4 is 15.2 Å². The van der Waals surface area contributed by atoms with Crippen LogP contribution in [0.2, 0.25) is 0 Å². The van der Waals surface area contributed by atoms with Gasteiger partial charge in [-0.25, -0.2) is 0 Å². The Hall–Kier alpha value is -1.26. The first-order valence-corrected chi connectivity index (χ1v) is 4.30. The van der Waals surface area contributed by atoms with Gasteiger partial charge in [-0.2, -0.15) is 0 Å². The fraction of sp³-hybridized carbons (Fsp3) is 0.400. The molecule has 4 nitrogen and oxygen atoms in total. The minimum Gasteiger partial charge on any atom is -0.497 e. The maximum absolute atomic E-state index is 8.91. The van der Waals surface area contributed by atoms with E-state index in [-0.39, 0.29) is 6.61 Å². The van der Waals surface area contributed by atoms with Crippen molar-refractivity contribution in [2.45, 2.75) is 6.04 Å². The predicted octanol–water partition coefficient (Wildman–Crippen LogP) is 0.696. The summed E-state index contributed by atoms with van der Waals surface area (Å²) in [7, 11) is 3.14. The van der Waals surface area contributed by atoms with Crippen LogP contribution in [-0.2, 0) is 0 Å². The molecule has 1 rings (SSSR count). The van der Waals surface area contributed by atoms with Gasteiger partial charge in [0.15, 0.2) is 0 Å². The van der Waals surface area contributed by atoms with Crippen LogP contribution in [0.4, 0.5) is 0 Å². The summed E-state index contributed by atoms with van der Waals surface area (Å²) in [5, 5.41) is 8.91. The fourth-order valence-corrected chi connectivity index (χ4v) is 1.15. The standard InChI is InChI=1S/C10H15NO3/c1-13-8-3-7(10(11)6-12)4-9(5-8)14-2/h3-5,10,12H,6,11H2,1-2H3. The van der Waals surface area contributed by atoms with Gasteiger partial charge < -0.3 is 20.3 Å². The van der Waals surface area contributed by atoms with Crippen LogP contribution in [0.5, 0.6) is 11.5 Å². The third kappa shape index (κ3) is 2.37. The van der Waals surface area contributed by atoms with E-state index in [2.05, 4.69) is 0 Å². The lowest BCUT2D eigenvalue weighted by molar-refractivity contribution is 0.267. The van der Waals surface area contributed by atoms with E-state index in [0.717, 1.165) is 5.56 Å². The SMILES string of the molecule is COc1cc(OC)cc(C(N)CO)c1. The van der Waals surface area contributed by atoms with Gasteiger partial charge in [-0.3, -0.25) is 0 Å². The zero-order chi connectivity index (χ0) is 10.6. The quantitative estimate of drug-likeness (QED) is 0.745. The summed E-state index contributed by atoms with van der Waals surface area (Å²) in [4.78, 5) is 0. The van der Waals surface area contributed by atoms with Gasteiger partial charge in [0.1, 0.15) is 11.5 Å². The molecule has 0 bridgehead atoms. The van der Waals surface area contributed by atoms with Gasteiger partial charge in [-0.15, -0.1) is 0 Å². The van der Waals surface area contributed by atoms with Crippen LogP contribution in [0.15, 0.2) is 18.2 Å². The molecular formula is C10H15NO3. The van der Waals surface area contributed by atoms with Crippen LogP contribution in [-0.4, -0.2) is 25.9 Å². The van der Waals surface area contributed by atoms with Crippen molar-refractivity contribution in [2.24, 2.45) is 5.73 Å². The summed E-state index contributed by atoms with van der Waals surface area (Å²) in [5.74, 6) is 1.34. The molecule has 0 saturated heterocycles. The van der Waals surface area contributed by atoms with Crippen molar-refractivity contribution in [3.8, 4) is 11.5 Å². The average molecular weight is 197 g/mol. The molecule has 0 spiro atoms. The van der Waals surface area contributed by atoms with Gasteiger partial charge in [0.25, 0.3) is 0 Å². The molecule has 0 aromatic heterocycles. The van der Waals surface area contributed by atoms with E-state index in [0.29, 0.717) is 11.5 Å². The van der Waals surface area contributed by atoms with E-state index in [4.69, 9.17) is 20.3 Å². The number of rotatable bonds is 4. The van der Waals surface area contributed by atoms with E-state index < -0.39 is 6.04 Å². The third-order valence-corrected chi connectivity index (χ3v) is 2.00. The number of hydrogen-bond acceptors (Lipinski definition) is 4. The van der Waals surface area contributed by atoms with E-state index in [9.17, 15) is 0 Å². The van der Waals surface area contributed by atoms with Crippen molar-refractivity contribution in [3.05, 3.63) is 23.8 Å². The molecule has 3 N–H and O–H groups in total. The normalized spacial score (nSPS) is 12.3. The first kappa shape index (κ1) is 10.8. The van der Waals surface area contributed by atoms with Crippen LogP contribution in [0.25, 0.3) is 0 Å². The second-order valence-electron chi connectivity index (χ2n) is 2.94. The number of ether oxygens (including phenoxy) is 2. The Morgan fingerprint density at radius 3 is 2.07 bits per heavy atom. The summed E-state index contributed by atoms with van der Waals surface area (Å²) in [5.41, 5.74) is 6.48. The minimum atomic E-state index is -0.404. The van der Waals surface area contributed by atoms with Gasteiger partial charge in [0.2, 0.25) is 0 Å². The zero-order valence-electron chi connectivity index (χ0n) is 8.36. The lowest BCUT2D eigenvalue weighted by Gasteiger charge is -2.12. The molecule has 0 fully saturated rings. The van der Waals surface area contributed by atoms with Crippen LogP contribution in [0, 0.1) is 0 Å². The molecule has 1 unspecified atom stereocenters. The summed E-state index contributed by atoms with van der Waals surface area (Å²) in [6, 6.07) is 4.92. The molecule has 0 aliphatic heterocycles. The van der Waals surface area contributed by atoms with Crippen molar-refractivity contribution < 1.29 is 14.6 Å². The molecule has 78 valence electrons. The Balaban J connectivity index is 3.04. The molecule has 1 aromatic carbocycles. The predicted molar refractivity (Wildman–Crippen MR) is 53.6 cm³/mol. The van der Waals surface area contributed by atoms with E-state index in [1.807, 2.05) is 0 Å². The lowest BCUT2D eigenvalue weighted by atomic mass is 10.1. The molecule has 4 heteroatoms. The minimum absolute atomic E-state index is 0.101. The maximum Gasteiger partial charge on any atom is 0.122 e. The highest BCUT2D eigenvalue weighted by Crippen LogP contribution is 2.25. The monoisotopic (exact) mass is 197 g/mol. The smallest absolute Gasteiger partial charge is 0.122 e. The molecule has 0 amide bonds. The van der Waals surface area contributed by atoms with Gasteiger partial charge in [0.05, 0.1) is 26.9 Å². The molecule has 0 radical (unpaired) electrons. The van der Waals surface area contributed by atoms with Crippen molar-refractivity contribution in [1.82, 2.24) is 0 Å². The van der Waals surface area contributed by atoms with Gasteiger partial charge in [-0.05, 0) is 17.7 Å². The first-order valence-electron chi connectivity index (χ1n) is 4.30. The topological polar surface area (TPSA) is 64.7 Å². The molecule has 14 heavy (non-hydrogen) atoms. The highest BCUT2D eigenvalue weighted by atomic mass is 16.5. The van der Waals surface area contributed by atoms with Gasteiger partial charge in [0, 0.05) is 6.07 Å².